The zero-order valence-corrected chi connectivity index (χ0v) is 14.3. The van der Waals surface area contributed by atoms with Crippen LogP contribution in [0.15, 0.2) is 57.7 Å². The number of hydrogen-bond donors (Lipinski definition) is 0. The molecule has 0 radical (unpaired) electrons. The predicted molar refractivity (Wildman–Crippen MR) is 98.3 cm³/mol. The van der Waals surface area contributed by atoms with Gasteiger partial charge in [0.15, 0.2) is 0 Å². The molecule has 0 amide bonds. The van der Waals surface area contributed by atoms with E-state index in [0.29, 0.717) is 29.9 Å². The number of fused-ring (bicyclic) bond motifs is 1. The molecule has 0 saturated carbocycles. The lowest BCUT2D eigenvalue weighted by atomic mass is 10.1. The monoisotopic (exact) mass is 341 g/mol. The number of nitrogens with zero attached hydrogens (tertiary/aromatic N) is 1. The van der Waals surface area contributed by atoms with Crippen LogP contribution in [-0.4, -0.2) is 27.4 Å². The lowest BCUT2D eigenvalue weighted by molar-refractivity contribution is 0.290. The summed E-state index contributed by atoms with van der Waals surface area (Å²) >= 11 is 0. The van der Waals surface area contributed by atoms with Crippen LogP contribution in [0.3, 0.4) is 0 Å². The fourth-order valence-electron chi connectivity index (χ4n) is 2.58. The van der Waals surface area contributed by atoms with Gasteiger partial charge in [0.25, 0.3) is 0 Å². The summed E-state index contributed by atoms with van der Waals surface area (Å²) in [4.78, 5) is 14.3. The number of halogens is 1. The van der Waals surface area contributed by atoms with Gasteiger partial charge in [-0.3, -0.25) is 4.39 Å². The molecule has 0 spiro atoms. The molecule has 1 heterocycles. The van der Waals surface area contributed by atoms with E-state index >= 15 is 0 Å². The molecule has 4 nitrogen and oxygen atoms in total. The van der Waals surface area contributed by atoms with E-state index in [1.54, 1.807) is 24.3 Å². The van der Waals surface area contributed by atoms with Gasteiger partial charge in [0, 0.05) is 31.6 Å². The normalized spacial score (nSPS) is 10.8. The molecule has 25 heavy (non-hydrogen) atoms. The highest BCUT2D eigenvalue weighted by atomic mass is 19.1. The minimum Gasteiger partial charge on any atom is -0.493 e. The van der Waals surface area contributed by atoms with Gasteiger partial charge in [-0.2, -0.15) is 0 Å². The van der Waals surface area contributed by atoms with Gasteiger partial charge >= 0.3 is 5.63 Å². The third-order valence-corrected chi connectivity index (χ3v) is 3.95. The smallest absolute Gasteiger partial charge is 0.344 e. The lowest BCUT2D eigenvalue weighted by Crippen LogP contribution is -2.08. The Bertz CT molecular complexity index is 916. The number of anilines is 1. The third-order valence-electron chi connectivity index (χ3n) is 3.95. The molecule has 0 N–H and O–H groups in total. The molecule has 0 atom stereocenters. The van der Waals surface area contributed by atoms with Crippen LogP contribution in [-0.2, 0) is 0 Å². The fourth-order valence-corrected chi connectivity index (χ4v) is 2.58. The molecule has 130 valence electrons. The number of ether oxygens (including phenoxy) is 1. The van der Waals surface area contributed by atoms with Gasteiger partial charge in [0.1, 0.15) is 11.3 Å². The van der Waals surface area contributed by atoms with Crippen molar-refractivity contribution in [3.63, 3.8) is 0 Å². The maximum absolute atomic E-state index is 12.3. The van der Waals surface area contributed by atoms with Crippen molar-refractivity contribution in [3.05, 3.63) is 59.0 Å². The maximum atomic E-state index is 12.3. The third kappa shape index (κ3) is 3.82. The van der Waals surface area contributed by atoms with Crippen molar-refractivity contribution < 1.29 is 13.5 Å². The van der Waals surface area contributed by atoms with Gasteiger partial charge in [-0.15, -0.1) is 0 Å². The molecule has 3 aromatic rings. The molecule has 0 aliphatic heterocycles. The first kappa shape index (κ1) is 17.0. The Morgan fingerprint density at radius 1 is 1.08 bits per heavy atom. The summed E-state index contributed by atoms with van der Waals surface area (Å²) in [6, 6.07) is 14.7. The number of hydrogen-bond acceptors (Lipinski definition) is 4. The SMILES string of the molecule is CN(C)c1ccc(-c2cc3cc(OCCCF)ccc3oc2=O)cc1. The highest BCUT2D eigenvalue weighted by Crippen LogP contribution is 2.26. The van der Waals surface area contributed by atoms with Crippen LogP contribution < -0.4 is 15.3 Å². The van der Waals surface area contributed by atoms with E-state index in [-0.39, 0.29) is 5.63 Å². The van der Waals surface area contributed by atoms with Crippen molar-refractivity contribution in [1.82, 2.24) is 0 Å². The van der Waals surface area contributed by atoms with Crippen molar-refractivity contribution >= 4 is 16.7 Å². The van der Waals surface area contributed by atoms with E-state index in [2.05, 4.69) is 0 Å². The molecule has 1 aromatic heterocycles. The first-order valence-corrected chi connectivity index (χ1v) is 8.13. The van der Waals surface area contributed by atoms with Gasteiger partial charge < -0.3 is 14.1 Å². The second-order valence-corrected chi connectivity index (χ2v) is 5.98. The Morgan fingerprint density at radius 3 is 2.52 bits per heavy atom. The molecular weight excluding hydrogens is 321 g/mol. The van der Waals surface area contributed by atoms with Crippen molar-refractivity contribution in [2.45, 2.75) is 6.42 Å². The lowest BCUT2D eigenvalue weighted by Gasteiger charge is -2.12. The molecule has 0 bridgehead atoms. The topological polar surface area (TPSA) is 42.7 Å². The van der Waals surface area contributed by atoms with Crippen LogP contribution in [0.5, 0.6) is 5.75 Å². The van der Waals surface area contributed by atoms with E-state index in [0.717, 1.165) is 16.6 Å². The largest absolute Gasteiger partial charge is 0.493 e. The second kappa shape index (κ2) is 7.38. The summed E-state index contributed by atoms with van der Waals surface area (Å²) in [5.74, 6) is 0.628. The standard InChI is InChI=1S/C20H20FNO3/c1-22(2)16-6-4-14(5-7-16)18-13-15-12-17(24-11-3-10-21)8-9-19(15)25-20(18)23/h4-9,12-13H,3,10-11H2,1-2H3. The number of benzene rings is 2. The van der Waals surface area contributed by atoms with E-state index in [1.807, 2.05) is 43.3 Å². The highest BCUT2D eigenvalue weighted by Gasteiger charge is 2.09. The summed E-state index contributed by atoms with van der Waals surface area (Å²) in [5.41, 5.74) is 2.47. The zero-order chi connectivity index (χ0) is 17.8. The van der Waals surface area contributed by atoms with Crippen LogP contribution in [0.4, 0.5) is 10.1 Å². The zero-order valence-electron chi connectivity index (χ0n) is 14.3. The van der Waals surface area contributed by atoms with E-state index in [4.69, 9.17) is 9.15 Å². The molecule has 3 rings (SSSR count). The Balaban J connectivity index is 1.97. The molecular formula is C20H20FNO3. The average molecular weight is 341 g/mol. The van der Waals surface area contributed by atoms with Crippen LogP contribution >= 0.6 is 0 Å². The Kier molecular flexibility index (Phi) is 5.03. The number of alkyl halides is 1. The summed E-state index contributed by atoms with van der Waals surface area (Å²) in [6.45, 7) is -0.0901. The molecule has 0 aliphatic carbocycles. The van der Waals surface area contributed by atoms with E-state index < -0.39 is 6.67 Å². The fraction of sp³-hybridized carbons (Fsp3) is 0.250. The van der Waals surface area contributed by atoms with Crippen LogP contribution in [0.2, 0.25) is 0 Å². The molecule has 0 aliphatic rings. The van der Waals surface area contributed by atoms with E-state index in [9.17, 15) is 9.18 Å². The van der Waals surface area contributed by atoms with Gasteiger partial charge in [-0.1, -0.05) is 12.1 Å². The average Bonchev–Trinajstić information content (AvgIpc) is 2.61. The molecule has 2 aromatic carbocycles. The van der Waals surface area contributed by atoms with Crippen LogP contribution in [0.25, 0.3) is 22.1 Å². The van der Waals surface area contributed by atoms with Crippen molar-refractivity contribution in [3.8, 4) is 16.9 Å². The predicted octanol–water partition coefficient (Wildman–Crippen LogP) is 4.26. The number of rotatable bonds is 6. The second-order valence-electron chi connectivity index (χ2n) is 5.98. The van der Waals surface area contributed by atoms with Crippen LogP contribution in [0.1, 0.15) is 6.42 Å². The highest BCUT2D eigenvalue weighted by molar-refractivity contribution is 5.83. The van der Waals surface area contributed by atoms with Crippen molar-refractivity contribution in [2.24, 2.45) is 0 Å². The van der Waals surface area contributed by atoms with Gasteiger partial charge in [0.2, 0.25) is 0 Å². The Labute approximate surface area is 145 Å². The summed E-state index contributed by atoms with van der Waals surface area (Å²) in [6.07, 6.45) is 0.353. The summed E-state index contributed by atoms with van der Waals surface area (Å²) in [7, 11) is 3.92. The molecule has 0 saturated heterocycles. The minimum atomic E-state index is -0.407. The van der Waals surface area contributed by atoms with Crippen molar-refractivity contribution in [2.75, 3.05) is 32.3 Å². The first-order valence-electron chi connectivity index (χ1n) is 8.13. The molecule has 0 fully saturated rings. The molecule has 0 unspecified atom stereocenters. The minimum absolute atomic E-state index is 0.317. The van der Waals surface area contributed by atoms with E-state index in [1.165, 1.54) is 0 Å². The quantitative estimate of drug-likeness (QED) is 0.496. The van der Waals surface area contributed by atoms with Crippen LogP contribution in [0, 0.1) is 0 Å². The summed E-state index contributed by atoms with van der Waals surface area (Å²) in [5, 5.41) is 0.768. The molecule has 5 heteroatoms. The van der Waals surface area contributed by atoms with Gasteiger partial charge in [-0.05, 0) is 42.0 Å². The van der Waals surface area contributed by atoms with Gasteiger partial charge in [-0.25, -0.2) is 4.79 Å². The Morgan fingerprint density at radius 2 is 1.84 bits per heavy atom. The Hall–Kier alpha value is -2.82. The first-order chi connectivity index (χ1) is 12.1. The summed E-state index contributed by atoms with van der Waals surface area (Å²) < 4.78 is 23.1. The van der Waals surface area contributed by atoms with Crippen molar-refractivity contribution in [1.29, 1.82) is 0 Å². The van der Waals surface area contributed by atoms with Gasteiger partial charge in [0.05, 0.1) is 18.8 Å². The maximum Gasteiger partial charge on any atom is 0.344 e.